The zero-order valence-electron chi connectivity index (χ0n) is 16.0. The molecule has 2 aromatic carbocycles. The number of fused-ring (bicyclic) bond motifs is 3. The highest BCUT2D eigenvalue weighted by atomic mass is 16.4. The van der Waals surface area contributed by atoms with Gasteiger partial charge in [0.25, 0.3) is 0 Å². The molecule has 0 aromatic heterocycles. The lowest BCUT2D eigenvalue weighted by molar-refractivity contribution is 0.0679. The van der Waals surface area contributed by atoms with Gasteiger partial charge in [0.05, 0.1) is 22.3 Å². The number of carboxylic acid groups (broad SMARTS) is 4. The number of aryl methyl sites for hydroxylation is 1. The van der Waals surface area contributed by atoms with Crippen molar-refractivity contribution in [2.45, 2.75) is 38.5 Å². The summed E-state index contributed by atoms with van der Waals surface area (Å²) in [4.78, 5) is 43.7. The van der Waals surface area contributed by atoms with Gasteiger partial charge in [-0.1, -0.05) is 6.07 Å². The Hall–Kier alpha value is -3.68. The lowest BCUT2D eigenvalue weighted by Gasteiger charge is -2.19. The van der Waals surface area contributed by atoms with Gasteiger partial charge in [-0.25, -0.2) is 19.2 Å². The maximum atomic E-state index is 11.0. The predicted octanol–water partition coefficient (Wildman–Crippen LogP) is 3.14. The third-order valence-corrected chi connectivity index (χ3v) is 5.46. The fourth-order valence-corrected chi connectivity index (χ4v) is 4.19. The van der Waals surface area contributed by atoms with Crippen LogP contribution in [0.25, 0.3) is 0 Å². The number of carboxylic acids is 4. The summed E-state index contributed by atoms with van der Waals surface area (Å²) in [5.74, 6) is -4.04. The van der Waals surface area contributed by atoms with Crippen molar-refractivity contribution < 1.29 is 39.6 Å². The number of hydrogen-bond donors (Lipinski definition) is 4. The fourth-order valence-electron chi connectivity index (χ4n) is 4.19. The standard InChI is InChI=1S/2C11H10O4/c12-10(13)8-4-5-9(11(14)15)7-3-1-2-6(7)8;12-10(13)8-5-4-6-2-1-3-7(8)9(6)11(14)15/h2*4-5H,1-3H2,(H,12,13)(H,14,15). The SMILES string of the molecule is O=C(O)c1ccc(C(=O)O)c2c1CCC2.O=C(O)c1ccc2c(C(=O)O)c1CCC2. The first-order chi connectivity index (χ1) is 14.2. The van der Waals surface area contributed by atoms with Gasteiger partial charge in [-0.05, 0) is 79.0 Å². The molecule has 2 aromatic rings. The summed E-state index contributed by atoms with van der Waals surface area (Å²) in [7, 11) is 0. The summed E-state index contributed by atoms with van der Waals surface area (Å²) in [6, 6.07) is 5.88. The van der Waals surface area contributed by atoms with Crippen molar-refractivity contribution in [1.29, 1.82) is 0 Å². The highest BCUT2D eigenvalue weighted by Crippen LogP contribution is 2.29. The van der Waals surface area contributed by atoms with Crippen LogP contribution < -0.4 is 0 Å². The molecule has 2 bridgehead atoms. The number of carbonyl (C=O) groups is 4. The summed E-state index contributed by atoms with van der Waals surface area (Å²) in [6.45, 7) is 0. The molecule has 0 unspecified atom stereocenters. The molecule has 0 amide bonds. The van der Waals surface area contributed by atoms with Gasteiger partial charge in [0.1, 0.15) is 0 Å². The summed E-state index contributed by atoms with van der Waals surface area (Å²) >= 11 is 0. The van der Waals surface area contributed by atoms with E-state index < -0.39 is 23.9 Å². The van der Waals surface area contributed by atoms with E-state index in [0.29, 0.717) is 42.4 Å². The molecule has 0 spiro atoms. The Labute approximate surface area is 171 Å². The molecule has 2 aliphatic rings. The van der Waals surface area contributed by atoms with Crippen LogP contribution >= 0.6 is 0 Å². The third-order valence-electron chi connectivity index (χ3n) is 5.46. The first-order valence-corrected chi connectivity index (χ1v) is 9.45. The summed E-state index contributed by atoms with van der Waals surface area (Å²) in [6.07, 6.45) is 4.24. The Morgan fingerprint density at radius 2 is 0.933 bits per heavy atom. The van der Waals surface area contributed by atoms with Crippen LogP contribution in [0.4, 0.5) is 0 Å². The van der Waals surface area contributed by atoms with Gasteiger partial charge in [0.15, 0.2) is 0 Å². The van der Waals surface area contributed by atoms with E-state index in [4.69, 9.17) is 20.4 Å². The average molecular weight is 412 g/mol. The second-order valence-electron chi connectivity index (χ2n) is 7.17. The van der Waals surface area contributed by atoms with Gasteiger partial charge in [0, 0.05) is 0 Å². The quantitative estimate of drug-likeness (QED) is 0.598. The van der Waals surface area contributed by atoms with Crippen LogP contribution in [0, 0.1) is 0 Å². The minimum Gasteiger partial charge on any atom is -0.478 e. The van der Waals surface area contributed by atoms with E-state index >= 15 is 0 Å². The Morgan fingerprint density at radius 3 is 1.40 bits per heavy atom. The van der Waals surface area contributed by atoms with Crippen molar-refractivity contribution in [2.24, 2.45) is 0 Å². The molecule has 30 heavy (non-hydrogen) atoms. The predicted molar refractivity (Wildman–Crippen MR) is 105 cm³/mol. The zero-order chi connectivity index (χ0) is 22.0. The number of hydrogen-bond acceptors (Lipinski definition) is 4. The van der Waals surface area contributed by atoms with Crippen LogP contribution in [0.2, 0.25) is 0 Å². The van der Waals surface area contributed by atoms with E-state index in [1.165, 1.54) is 18.2 Å². The number of aromatic carboxylic acids is 4. The Balaban J connectivity index is 0.000000171. The Bertz CT molecular complexity index is 1030. The second-order valence-corrected chi connectivity index (χ2v) is 7.17. The third kappa shape index (κ3) is 3.89. The molecule has 0 aliphatic heterocycles. The maximum Gasteiger partial charge on any atom is 0.336 e. The van der Waals surface area contributed by atoms with Crippen molar-refractivity contribution in [3.05, 3.63) is 68.8 Å². The van der Waals surface area contributed by atoms with Crippen molar-refractivity contribution in [3.63, 3.8) is 0 Å². The smallest absolute Gasteiger partial charge is 0.336 e. The van der Waals surface area contributed by atoms with Crippen molar-refractivity contribution in [3.8, 4) is 0 Å². The van der Waals surface area contributed by atoms with E-state index in [9.17, 15) is 19.2 Å². The topological polar surface area (TPSA) is 149 Å². The monoisotopic (exact) mass is 412 g/mol. The maximum absolute atomic E-state index is 11.0. The number of rotatable bonds is 4. The lowest BCUT2D eigenvalue weighted by Crippen LogP contribution is -2.17. The van der Waals surface area contributed by atoms with Crippen LogP contribution in [0.3, 0.4) is 0 Å². The molecule has 0 heterocycles. The Morgan fingerprint density at radius 1 is 0.533 bits per heavy atom. The Kier molecular flexibility index (Phi) is 5.86. The van der Waals surface area contributed by atoms with E-state index in [2.05, 4.69) is 0 Å². The molecule has 0 saturated carbocycles. The van der Waals surface area contributed by atoms with E-state index in [-0.39, 0.29) is 22.3 Å². The van der Waals surface area contributed by atoms with Gasteiger partial charge in [-0.2, -0.15) is 0 Å². The van der Waals surface area contributed by atoms with E-state index in [1.807, 2.05) is 0 Å². The van der Waals surface area contributed by atoms with Gasteiger partial charge in [-0.3, -0.25) is 0 Å². The molecule has 4 rings (SSSR count). The lowest BCUT2D eigenvalue weighted by atomic mass is 9.85. The van der Waals surface area contributed by atoms with Gasteiger partial charge in [-0.15, -0.1) is 0 Å². The normalized spacial score (nSPS) is 13.6. The summed E-state index contributed by atoms with van der Waals surface area (Å²) in [5, 5.41) is 35.8. The van der Waals surface area contributed by atoms with Gasteiger partial charge >= 0.3 is 23.9 Å². The minimum atomic E-state index is -1.05. The molecule has 0 atom stereocenters. The molecular formula is C22H20O8. The second kappa shape index (κ2) is 8.36. The van der Waals surface area contributed by atoms with Crippen LogP contribution in [0.15, 0.2) is 24.3 Å². The average Bonchev–Trinajstić information content (AvgIpc) is 3.16. The molecular weight excluding hydrogens is 392 g/mol. The highest BCUT2D eigenvalue weighted by molar-refractivity contribution is 5.98. The number of benzene rings is 2. The molecule has 8 heteroatoms. The van der Waals surface area contributed by atoms with Crippen LogP contribution in [-0.4, -0.2) is 44.3 Å². The summed E-state index contributed by atoms with van der Waals surface area (Å²) in [5.41, 5.74) is 3.41. The molecule has 8 nitrogen and oxygen atoms in total. The highest BCUT2D eigenvalue weighted by Gasteiger charge is 2.25. The van der Waals surface area contributed by atoms with Crippen LogP contribution in [0.5, 0.6) is 0 Å². The minimum absolute atomic E-state index is 0.121. The van der Waals surface area contributed by atoms with Gasteiger partial charge in [0.2, 0.25) is 0 Å². The largest absolute Gasteiger partial charge is 0.478 e. The van der Waals surface area contributed by atoms with E-state index in [0.717, 1.165) is 18.4 Å². The van der Waals surface area contributed by atoms with Crippen LogP contribution in [-0.2, 0) is 25.7 Å². The van der Waals surface area contributed by atoms with E-state index in [1.54, 1.807) is 6.07 Å². The molecule has 0 saturated heterocycles. The molecule has 4 N–H and O–H groups in total. The summed E-state index contributed by atoms with van der Waals surface area (Å²) < 4.78 is 0. The molecule has 0 radical (unpaired) electrons. The van der Waals surface area contributed by atoms with Crippen molar-refractivity contribution >= 4 is 23.9 Å². The van der Waals surface area contributed by atoms with Gasteiger partial charge < -0.3 is 20.4 Å². The molecule has 156 valence electrons. The molecule has 2 aliphatic carbocycles. The first-order valence-electron chi connectivity index (χ1n) is 9.45. The van der Waals surface area contributed by atoms with Crippen LogP contribution in [0.1, 0.15) is 76.5 Å². The first kappa shape index (κ1) is 21.0. The van der Waals surface area contributed by atoms with Crippen molar-refractivity contribution in [1.82, 2.24) is 0 Å². The molecule has 0 fully saturated rings. The fraction of sp³-hybridized carbons (Fsp3) is 0.273. The van der Waals surface area contributed by atoms with Crippen molar-refractivity contribution in [2.75, 3.05) is 0 Å². The zero-order valence-corrected chi connectivity index (χ0v) is 16.0.